The van der Waals surface area contributed by atoms with Crippen LogP contribution in [0.2, 0.25) is 0 Å². The van der Waals surface area contributed by atoms with Crippen LogP contribution in [0.25, 0.3) is 0 Å². The lowest BCUT2D eigenvalue weighted by molar-refractivity contribution is 0.234. The van der Waals surface area contributed by atoms with E-state index in [1.54, 1.807) is 30.1 Å². The number of hydrogen-bond acceptors (Lipinski definition) is 5. The average molecular weight is 351 g/mol. The topological polar surface area (TPSA) is 66.7 Å². The molecule has 0 saturated heterocycles. The number of hydroxylamine groups is 1. The highest BCUT2D eigenvalue weighted by Gasteiger charge is 2.14. The number of pyridine rings is 1. The molecule has 0 amide bonds. The highest BCUT2D eigenvalue weighted by molar-refractivity contribution is 7.98. The summed E-state index contributed by atoms with van der Waals surface area (Å²) in [6, 6.07) is 20.6. The van der Waals surface area contributed by atoms with Crippen molar-refractivity contribution in [2.45, 2.75) is 4.90 Å². The van der Waals surface area contributed by atoms with E-state index in [2.05, 4.69) is 15.5 Å². The number of rotatable bonds is 5. The van der Waals surface area contributed by atoms with Crippen LogP contribution >= 0.6 is 11.8 Å². The predicted molar refractivity (Wildman–Crippen MR) is 100 cm³/mol. The van der Waals surface area contributed by atoms with Gasteiger partial charge in [0.2, 0.25) is 5.88 Å². The number of thioether (sulfide) groups is 1. The third kappa shape index (κ3) is 4.17. The molecule has 0 spiro atoms. The van der Waals surface area contributed by atoms with E-state index in [1.165, 1.54) is 0 Å². The summed E-state index contributed by atoms with van der Waals surface area (Å²) in [5.74, 6) is 1.32. The van der Waals surface area contributed by atoms with E-state index in [0.29, 0.717) is 22.9 Å². The summed E-state index contributed by atoms with van der Waals surface area (Å²) in [4.78, 5) is 9.72. The van der Waals surface area contributed by atoms with Crippen molar-refractivity contribution in [1.82, 2.24) is 10.5 Å². The molecule has 1 heterocycles. The van der Waals surface area contributed by atoms with Crippen molar-refractivity contribution in [3.05, 3.63) is 78.5 Å². The van der Waals surface area contributed by atoms with E-state index in [-0.39, 0.29) is 5.84 Å². The Morgan fingerprint density at radius 1 is 1.04 bits per heavy atom. The molecule has 0 unspecified atom stereocenters. The number of aliphatic imine (C=N–C) groups is 1. The van der Waals surface area contributed by atoms with Crippen molar-refractivity contribution < 1.29 is 9.94 Å². The van der Waals surface area contributed by atoms with Crippen molar-refractivity contribution in [3.63, 3.8) is 0 Å². The normalized spacial score (nSPS) is 11.2. The van der Waals surface area contributed by atoms with Gasteiger partial charge in [-0.3, -0.25) is 10.7 Å². The highest BCUT2D eigenvalue weighted by Crippen LogP contribution is 2.32. The molecule has 2 aromatic carbocycles. The summed E-state index contributed by atoms with van der Waals surface area (Å²) in [6.07, 6.45) is 3.62. The van der Waals surface area contributed by atoms with Gasteiger partial charge in [0.15, 0.2) is 5.84 Å². The SMILES string of the molecule is CSc1ccccc1Oc1ncccc1C(=Nc1ccccc1)NO. The van der Waals surface area contributed by atoms with Crippen LogP contribution in [0.3, 0.4) is 0 Å². The maximum atomic E-state index is 9.56. The van der Waals surface area contributed by atoms with Gasteiger partial charge in [0.25, 0.3) is 0 Å². The molecule has 0 bridgehead atoms. The van der Waals surface area contributed by atoms with Gasteiger partial charge in [0.1, 0.15) is 5.75 Å². The Hall–Kier alpha value is -2.83. The molecule has 0 aliphatic rings. The summed E-state index contributed by atoms with van der Waals surface area (Å²) in [5.41, 5.74) is 3.41. The van der Waals surface area contributed by atoms with Gasteiger partial charge in [0.05, 0.1) is 11.3 Å². The smallest absolute Gasteiger partial charge is 0.230 e. The fourth-order valence-electron chi connectivity index (χ4n) is 2.24. The van der Waals surface area contributed by atoms with Crippen LogP contribution in [0.4, 0.5) is 5.69 Å². The second-order valence-electron chi connectivity index (χ2n) is 5.02. The lowest BCUT2D eigenvalue weighted by atomic mass is 10.2. The third-order valence-electron chi connectivity index (χ3n) is 3.40. The molecule has 25 heavy (non-hydrogen) atoms. The van der Waals surface area contributed by atoms with E-state index in [1.807, 2.05) is 60.9 Å². The maximum Gasteiger partial charge on any atom is 0.230 e. The molecular formula is C19H17N3O2S. The molecule has 2 N–H and O–H groups in total. The Bertz CT molecular complexity index is 869. The molecule has 0 aliphatic carbocycles. The van der Waals surface area contributed by atoms with Crippen molar-refractivity contribution in [2.75, 3.05) is 6.26 Å². The summed E-state index contributed by atoms with van der Waals surface area (Å²) >= 11 is 1.59. The van der Waals surface area contributed by atoms with E-state index in [9.17, 15) is 5.21 Å². The van der Waals surface area contributed by atoms with Crippen LogP contribution in [0.15, 0.2) is 82.8 Å². The largest absolute Gasteiger partial charge is 0.437 e. The van der Waals surface area contributed by atoms with Gasteiger partial charge in [-0.25, -0.2) is 9.98 Å². The Balaban J connectivity index is 1.99. The van der Waals surface area contributed by atoms with Crippen molar-refractivity contribution >= 4 is 23.3 Å². The fourth-order valence-corrected chi connectivity index (χ4v) is 2.76. The van der Waals surface area contributed by atoms with Crippen molar-refractivity contribution in [3.8, 4) is 11.6 Å². The molecule has 6 heteroatoms. The van der Waals surface area contributed by atoms with E-state index >= 15 is 0 Å². The zero-order valence-electron chi connectivity index (χ0n) is 13.6. The fraction of sp³-hybridized carbons (Fsp3) is 0.0526. The lowest BCUT2D eigenvalue weighted by Crippen LogP contribution is -2.21. The molecule has 0 aliphatic heterocycles. The first kappa shape index (κ1) is 17.0. The summed E-state index contributed by atoms with van der Waals surface area (Å²) in [5, 5.41) is 9.56. The van der Waals surface area contributed by atoms with E-state index in [0.717, 1.165) is 4.90 Å². The standard InChI is InChI=1S/C19H17N3O2S/c1-25-17-12-6-5-11-16(17)24-19-15(10-7-13-20-19)18(22-23)21-14-8-3-2-4-9-14/h2-13,23H,1H3,(H,21,22). The monoisotopic (exact) mass is 351 g/mol. The molecule has 3 aromatic rings. The Morgan fingerprint density at radius 3 is 2.56 bits per heavy atom. The number of amidine groups is 1. The Kier molecular flexibility index (Phi) is 5.66. The minimum absolute atomic E-state index is 0.260. The maximum absolute atomic E-state index is 9.56. The number of nitrogens with zero attached hydrogens (tertiary/aromatic N) is 2. The zero-order valence-corrected chi connectivity index (χ0v) is 14.4. The number of hydrogen-bond donors (Lipinski definition) is 2. The van der Waals surface area contributed by atoms with Crippen molar-refractivity contribution in [1.29, 1.82) is 0 Å². The first-order chi connectivity index (χ1) is 12.3. The number of benzene rings is 2. The number of para-hydroxylation sites is 2. The molecule has 5 nitrogen and oxygen atoms in total. The quantitative estimate of drug-likeness (QED) is 0.303. The summed E-state index contributed by atoms with van der Waals surface area (Å²) in [7, 11) is 0. The van der Waals surface area contributed by atoms with Crippen LogP contribution in [-0.4, -0.2) is 22.3 Å². The minimum Gasteiger partial charge on any atom is -0.437 e. The van der Waals surface area contributed by atoms with Gasteiger partial charge in [0, 0.05) is 11.1 Å². The summed E-state index contributed by atoms with van der Waals surface area (Å²) in [6.45, 7) is 0. The second-order valence-corrected chi connectivity index (χ2v) is 5.86. The number of aromatic nitrogens is 1. The first-order valence-corrected chi connectivity index (χ1v) is 8.84. The van der Waals surface area contributed by atoms with Crippen LogP contribution in [-0.2, 0) is 0 Å². The Morgan fingerprint density at radius 2 is 1.80 bits per heavy atom. The molecule has 0 fully saturated rings. The lowest BCUT2D eigenvalue weighted by Gasteiger charge is -2.13. The van der Waals surface area contributed by atoms with Crippen LogP contribution in [0.5, 0.6) is 11.6 Å². The Labute approximate surface area is 150 Å². The van der Waals surface area contributed by atoms with Gasteiger partial charge in [-0.05, 0) is 42.7 Å². The second kappa shape index (κ2) is 8.32. The average Bonchev–Trinajstić information content (AvgIpc) is 2.68. The molecule has 0 atom stereocenters. The van der Waals surface area contributed by atoms with Gasteiger partial charge < -0.3 is 4.74 Å². The molecule has 0 radical (unpaired) electrons. The highest BCUT2D eigenvalue weighted by atomic mass is 32.2. The molecule has 3 rings (SSSR count). The summed E-state index contributed by atoms with van der Waals surface area (Å²) < 4.78 is 5.99. The zero-order chi connectivity index (χ0) is 17.5. The van der Waals surface area contributed by atoms with Gasteiger partial charge in [-0.15, -0.1) is 11.8 Å². The third-order valence-corrected chi connectivity index (χ3v) is 4.18. The van der Waals surface area contributed by atoms with Crippen LogP contribution < -0.4 is 10.2 Å². The van der Waals surface area contributed by atoms with Crippen molar-refractivity contribution in [2.24, 2.45) is 4.99 Å². The molecular weight excluding hydrogens is 334 g/mol. The molecule has 1 aromatic heterocycles. The van der Waals surface area contributed by atoms with Gasteiger partial charge >= 0.3 is 0 Å². The van der Waals surface area contributed by atoms with Gasteiger partial charge in [-0.1, -0.05) is 30.3 Å². The predicted octanol–water partition coefficient (Wildman–Crippen LogP) is 4.65. The number of ether oxygens (including phenoxy) is 1. The number of nitrogens with one attached hydrogen (secondary N) is 1. The van der Waals surface area contributed by atoms with Gasteiger partial charge in [-0.2, -0.15) is 0 Å². The van der Waals surface area contributed by atoms with E-state index in [4.69, 9.17) is 4.74 Å². The first-order valence-electron chi connectivity index (χ1n) is 7.62. The van der Waals surface area contributed by atoms with Crippen LogP contribution in [0, 0.1) is 0 Å². The minimum atomic E-state index is 0.260. The van der Waals surface area contributed by atoms with E-state index < -0.39 is 0 Å². The molecule has 0 saturated carbocycles. The van der Waals surface area contributed by atoms with Crippen LogP contribution in [0.1, 0.15) is 5.56 Å². The molecule has 126 valence electrons.